The molecule has 3 nitrogen and oxygen atoms in total. The molecule has 1 aromatic rings. The molecule has 1 heterocycles. The van der Waals surface area contributed by atoms with Crippen molar-refractivity contribution in [2.45, 2.75) is 19.6 Å². The average Bonchev–Trinajstić information content (AvgIpc) is 2.73. The normalized spacial score (nSPS) is 25.3. The van der Waals surface area contributed by atoms with Crippen LogP contribution in [0.2, 0.25) is 0 Å². The zero-order chi connectivity index (χ0) is 12.1. The molecule has 1 fully saturated rings. The molecule has 2 N–H and O–H groups in total. The van der Waals surface area contributed by atoms with E-state index in [0.29, 0.717) is 12.0 Å². The fourth-order valence-electron chi connectivity index (χ4n) is 2.53. The van der Waals surface area contributed by atoms with Crippen LogP contribution in [0.25, 0.3) is 0 Å². The highest BCUT2D eigenvalue weighted by Crippen LogP contribution is 2.21. The molecule has 1 saturated heterocycles. The molecule has 0 amide bonds. The Hall–Kier alpha value is -0.900. The number of likely N-dealkylation sites (tertiary alicyclic amines) is 1. The van der Waals surface area contributed by atoms with Crippen LogP contribution in [0.3, 0.4) is 0 Å². The topological polar surface area (TPSA) is 38.5 Å². The van der Waals surface area contributed by atoms with Crippen LogP contribution >= 0.6 is 0 Å². The van der Waals surface area contributed by atoms with E-state index < -0.39 is 0 Å². The van der Waals surface area contributed by atoms with Crippen molar-refractivity contribution in [3.63, 3.8) is 0 Å². The highest BCUT2D eigenvalue weighted by molar-refractivity contribution is 5.14. The molecule has 0 aromatic heterocycles. The van der Waals surface area contributed by atoms with Crippen molar-refractivity contribution in [1.82, 2.24) is 4.90 Å². The van der Waals surface area contributed by atoms with Gasteiger partial charge >= 0.3 is 0 Å². The van der Waals surface area contributed by atoms with Crippen molar-refractivity contribution in [2.24, 2.45) is 11.7 Å². The molecule has 1 aliphatic heterocycles. The summed E-state index contributed by atoms with van der Waals surface area (Å²) < 4.78 is 5.75. The Kier molecular flexibility index (Phi) is 4.54. The first-order chi connectivity index (χ1) is 8.33. The predicted molar refractivity (Wildman–Crippen MR) is 69.7 cm³/mol. The van der Waals surface area contributed by atoms with Crippen molar-refractivity contribution in [3.05, 3.63) is 35.9 Å². The predicted octanol–water partition coefficient (Wildman–Crippen LogP) is 1.48. The maximum Gasteiger partial charge on any atom is 0.0754 e. The molecule has 0 spiro atoms. The summed E-state index contributed by atoms with van der Waals surface area (Å²) in [5.41, 5.74) is 7.16. The van der Waals surface area contributed by atoms with E-state index in [1.165, 1.54) is 5.56 Å². The first-order valence-electron chi connectivity index (χ1n) is 6.41. The third kappa shape index (κ3) is 3.28. The van der Waals surface area contributed by atoms with E-state index in [0.717, 1.165) is 32.8 Å². The number of ether oxygens (including phenoxy) is 1. The van der Waals surface area contributed by atoms with Gasteiger partial charge in [0.05, 0.1) is 6.10 Å². The van der Waals surface area contributed by atoms with Crippen LogP contribution in [-0.2, 0) is 11.3 Å². The molecular weight excluding hydrogens is 212 g/mol. The van der Waals surface area contributed by atoms with Crippen LogP contribution in [0.15, 0.2) is 30.3 Å². The van der Waals surface area contributed by atoms with Crippen molar-refractivity contribution >= 4 is 0 Å². The van der Waals surface area contributed by atoms with Gasteiger partial charge in [-0.15, -0.1) is 0 Å². The number of benzene rings is 1. The number of rotatable bonds is 5. The minimum atomic E-state index is 0.314. The van der Waals surface area contributed by atoms with E-state index in [1.807, 2.05) is 6.92 Å². The van der Waals surface area contributed by atoms with Gasteiger partial charge in [-0.05, 0) is 19.0 Å². The van der Waals surface area contributed by atoms with Crippen molar-refractivity contribution in [2.75, 3.05) is 26.2 Å². The molecule has 1 aliphatic rings. The maximum atomic E-state index is 5.80. The lowest BCUT2D eigenvalue weighted by atomic mass is 10.1. The van der Waals surface area contributed by atoms with E-state index >= 15 is 0 Å². The van der Waals surface area contributed by atoms with Gasteiger partial charge in [0.1, 0.15) is 0 Å². The Labute approximate surface area is 104 Å². The molecule has 0 radical (unpaired) electrons. The Morgan fingerprint density at radius 3 is 2.71 bits per heavy atom. The molecule has 1 aromatic carbocycles. The molecular formula is C14H22N2O. The fraction of sp³-hybridized carbons (Fsp3) is 0.571. The first kappa shape index (κ1) is 12.6. The van der Waals surface area contributed by atoms with Crippen LogP contribution in [0.4, 0.5) is 0 Å². The largest absolute Gasteiger partial charge is 0.377 e. The lowest BCUT2D eigenvalue weighted by Crippen LogP contribution is -2.28. The summed E-state index contributed by atoms with van der Waals surface area (Å²) >= 11 is 0. The molecule has 2 atom stereocenters. The minimum Gasteiger partial charge on any atom is -0.377 e. The lowest BCUT2D eigenvalue weighted by molar-refractivity contribution is 0.0446. The second kappa shape index (κ2) is 6.15. The Bertz CT molecular complexity index is 328. The highest BCUT2D eigenvalue weighted by atomic mass is 16.5. The Balaban J connectivity index is 1.91. The quantitative estimate of drug-likeness (QED) is 0.838. The van der Waals surface area contributed by atoms with E-state index in [4.69, 9.17) is 10.5 Å². The fourth-order valence-corrected chi connectivity index (χ4v) is 2.53. The summed E-state index contributed by atoms with van der Waals surface area (Å²) in [4.78, 5) is 2.44. The Morgan fingerprint density at radius 2 is 2.06 bits per heavy atom. The van der Waals surface area contributed by atoms with Crippen molar-refractivity contribution in [1.29, 1.82) is 0 Å². The SMILES string of the molecule is CCO[C@@H]1CN(Cc2ccccc2)C[C@@H]1CN. The number of nitrogens with two attached hydrogens (primary N) is 1. The second-order valence-electron chi connectivity index (χ2n) is 4.67. The van der Waals surface area contributed by atoms with Crippen LogP contribution in [0.1, 0.15) is 12.5 Å². The van der Waals surface area contributed by atoms with Gasteiger partial charge in [0.2, 0.25) is 0 Å². The summed E-state index contributed by atoms with van der Waals surface area (Å²) in [6.45, 7) is 6.60. The zero-order valence-electron chi connectivity index (χ0n) is 10.5. The van der Waals surface area contributed by atoms with Gasteiger partial charge < -0.3 is 10.5 Å². The number of nitrogens with zero attached hydrogens (tertiary/aromatic N) is 1. The van der Waals surface area contributed by atoms with Gasteiger partial charge in [0, 0.05) is 32.2 Å². The number of hydrogen-bond acceptors (Lipinski definition) is 3. The van der Waals surface area contributed by atoms with Gasteiger partial charge in [-0.3, -0.25) is 4.90 Å². The molecule has 94 valence electrons. The van der Waals surface area contributed by atoms with E-state index in [1.54, 1.807) is 0 Å². The molecule has 3 heteroatoms. The van der Waals surface area contributed by atoms with Crippen LogP contribution in [-0.4, -0.2) is 37.2 Å². The smallest absolute Gasteiger partial charge is 0.0754 e. The van der Waals surface area contributed by atoms with Crippen LogP contribution in [0.5, 0.6) is 0 Å². The lowest BCUT2D eigenvalue weighted by Gasteiger charge is -2.16. The summed E-state index contributed by atoms with van der Waals surface area (Å²) in [5.74, 6) is 0.485. The molecule has 17 heavy (non-hydrogen) atoms. The van der Waals surface area contributed by atoms with Crippen molar-refractivity contribution < 1.29 is 4.74 Å². The second-order valence-corrected chi connectivity index (χ2v) is 4.67. The molecule has 2 rings (SSSR count). The molecule has 0 saturated carbocycles. The zero-order valence-corrected chi connectivity index (χ0v) is 10.5. The van der Waals surface area contributed by atoms with Gasteiger partial charge in [0.25, 0.3) is 0 Å². The van der Waals surface area contributed by atoms with Crippen LogP contribution < -0.4 is 5.73 Å². The third-order valence-corrected chi connectivity index (χ3v) is 3.39. The molecule has 0 bridgehead atoms. The first-order valence-corrected chi connectivity index (χ1v) is 6.41. The van der Waals surface area contributed by atoms with Gasteiger partial charge in [-0.2, -0.15) is 0 Å². The van der Waals surface area contributed by atoms with E-state index in [9.17, 15) is 0 Å². The van der Waals surface area contributed by atoms with E-state index in [2.05, 4.69) is 35.2 Å². The summed E-state index contributed by atoms with van der Waals surface area (Å²) in [5, 5.41) is 0. The summed E-state index contributed by atoms with van der Waals surface area (Å²) in [6, 6.07) is 10.6. The minimum absolute atomic E-state index is 0.314. The monoisotopic (exact) mass is 234 g/mol. The summed E-state index contributed by atoms with van der Waals surface area (Å²) in [6.07, 6.45) is 0.314. The van der Waals surface area contributed by atoms with Crippen LogP contribution in [0, 0.1) is 5.92 Å². The highest BCUT2D eigenvalue weighted by Gasteiger charge is 2.31. The molecule has 0 unspecified atom stereocenters. The third-order valence-electron chi connectivity index (χ3n) is 3.39. The number of hydrogen-bond donors (Lipinski definition) is 1. The van der Waals surface area contributed by atoms with Crippen molar-refractivity contribution in [3.8, 4) is 0 Å². The average molecular weight is 234 g/mol. The van der Waals surface area contributed by atoms with Gasteiger partial charge in [0.15, 0.2) is 0 Å². The van der Waals surface area contributed by atoms with Gasteiger partial charge in [-0.25, -0.2) is 0 Å². The summed E-state index contributed by atoms with van der Waals surface area (Å²) in [7, 11) is 0. The standard InChI is InChI=1S/C14H22N2O/c1-2-17-14-11-16(10-13(14)8-15)9-12-6-4-3-5-7-12/h3-7,13-14H,2,8-11,15H2,1H3/t13-,14+/m0/s1. The Morgan fingerprint density at radius 1 is 1.29 bits per heavy atom. The molecule has 0 aliphatic carbocycles. The van der Waals surface area contributed by atoms with Gasteiger partial charge in [-0.1, -0.05) is 30.3 Å². The van der Waals surface area contributed by atoms with E-state index in [-0.39, 0.29) is 0 Å². The maximum absolute atomic E-state index is 5.80.